The summed E-state index contributed by atoms with van der Waals surface area (Å²) < 4.78 is 63.3. The predicted octanol–water partition coefficient (Wildman–Crippen LogP) is 4.05. The second-order valence-electron chi connectivity index (χ2n) is 17.7. The number of aliphatic hydroxyl groups excluding tert-OH is 2. The minimum absolute atomic E-state index is 0.0107. The molecule has 62 heavy (non-hydrogen) atoms. The molecule has 1 saturated heterocycles. The third-order valence-electron chi connectivity index (χ3n) is 12.5. The zero-order chi connectivity index (χ0) is 46.5. The number of Topliss-reactive ketones (excluding diaryl/α,β-unsaturated/α-hetero) is 1. The fourth-order valence-corrected chi connectivity index (χ4v) is 9.32. The zero-order valence-corrected chi connectivity index (χ0v) is 35.7. The number of rotatable bonds is 11. The normalized spacial score (nSPS) is 32.1. The van der Waals surface area contributed by atoms with Crippen molar-refractivity contribution in [3.63, 3.8) is 0 Å². The molecule has 1 amide bonds. The first kappa shape index (κ1) is 47.8. The van der Waals surface area contributed by atoms with Gasteiger partial charge in [-0.25, -0.2) is 23.2 Å². The minimum Gasteiger partial charge on any atom is -0.456 e. The van der Waals surface area contributed by atoms with Crippen LogP contribution in [0.5, 0.6) is 0 Å². The summed E-state index contributed by atoms with van der Waals surface area (Å²) in [4.78, 5) is 84.9. The second-order valence-corrected chi connectivity index (χ2v) is 17.7. The molecule has 0 radical (unpaired) electrons. The van der Waals surface area contributed by atoms with E-state index < -0.39 is 131 Å². The molecule has 19 nitrogen and oxygen atoms in total. The van der Waals surface area contributed by atoms with E-state index in [4.69, 9.17) is 34.0 Å². The molecule has 2 bridgehead atoms. The molecule has 1 heterocycles. The van der Waals surface area contributed by atoms with Gasteiger partial charge in [0.15, 0.2) is 23.6 Å². The highest BCUT2D eigenvalue weighted by atomic mass is 19.3. The van der Waals surface area contributed by atoms with Gasteiger partial charge in [-0.05, 0) is 63.4 Å². The fourth-order valence-electron chi connectivity index (χ4n) is 9.32. The number of nitrogens with one attached hydrogen (secondary N) is 1. The number of esters is 4. The Balaban J connectivity index is 1.76. The number of carbonyl (C=O) groups is 6. The molecule has 4 aliphatic rings. The number of nitrogens with zero attached hydrogens (tertiary/aromatic N) is 3. The van der Waals surface area contributed by atoms with Crippen molar-refractivity contribution >= 4 is 41.4 Å². The van der Waals surface area contributed by atoms with Crippen molar-refractivity contribution in [1.82, 2.24) is 5.32 Å². The van der Waals surface area contributed by atoms with E-state index in [1.54, 1.807) is 5.32 Å². The van der Waals surface area contributed by atoms with E-state index in [1.165, 1.54) is 79.7 Å². The highest BCUT2D eigenvalue weighted by molar-refractivity contribution is 5.96. The quantitative estimate of drug-likeness (QED) is 0.0609. The largest absolute Gasteiger partial charge is 0.456 e. The topological polar surface area (TPSA) is 279 Å². The van der Waals surface area contributed by atoms with Crippen LogP contribution in [0.3, 0.4) is 0 Å². The molecule has 340 valence electrons. The summed E-state index contributed by atoms with van der Waals surface area (Å²) in [6, 6.07) is 2.65. The summed E-state index contributed by atoms with van der Waals surface area (Å²) in [5, 5.41) is 41.8. The van der Waals surface area contributed by atoms with Gasteiger partial charge in [0.05, 0.1) is 29.6 Å². The van der Waals surface area contributed by atoms with E-state index in [0.29, 0.717) is 0 Å². The molecular formula is C41H52F2N4O15. The lowest BCUT2D eigenvalue weighted by molar-refractivity contribution is -0.346. The third kappa shape index (κ3) is 8.35. The molecule has 5 rings (SSSR count). The highest BCUT2D eigenvalue weighted by Gasteiger charge is 2.78. The molecule has 11 atom stereocenters. The standard InChI is InChI=1S/C41H52F2N4O15/c1-10-25(50)59-29-26-18(2)22(58-35(54)28(51)27(33(42)43)45-36(55)62-37(4,5)6)16-41(56,38(26,7)8)32(60-34(53)20-12-11-13-21(14-20)46-47-44)30-39(9,31(29)52)23(49)15-24-40(30,17-57-24)61-19(3)48/h11-14,22-24,27-30,32-33,49,51,56H,10,15-17H2,1-9H3,(H,45,55)/t22-,23-,24+,27+,28+,29+,30-,32-,39+,40-,41+/m0/s1. The van der Waals surface area contributed by atoms with E-state index in [2.05, 4.69) is 10.0 Å². The molecule has 0 unspecified atom stereocenters. The number of benzene rings is 1. The van der Waals surface area contributed by atoms with Gasteiger partial charge in [0, 0.05) is 42.2 Å². The van der Waals surface area contributed by atoms with Crippen LogP contribution < -0.4 is 5.32 Å². The maximum Gasteiger partial charge on any atom is 0.408 e. The maximum absolute atomic E-state index is 15.5. The number of halogens is 2. The average molecular weight is 879 g/mol. The first-order valence-electron chi connectivity index (χ1n) is 19.9. The van der Waals surface area contributed by atoms with Gasteiger partial charge in [-0.2, -0.15) is 0 Å². The Labute approximate surface area is 355 Å². The number of alkyl carbamates (subject to hydrolysis) is 1. The van der Waals surface area contributed by atoms with Crippen molar-refractivity contribution in [1.29, 1.82) is 0 Å². The predicted molar refractivity (Wildman–Crippen MR) is 207 cm³/mol. The van der Waals surface area contributed by atoms with E-state index >= 15 is 4.79 Å². The van der Waals surface area contributed by atoms with Crippen LogP contribution >= 0.6 is 0 Å². The number of hydrogen-bond acceptors (Lipinski definition) is 16. The lowest BCUT2D eigenvalue weighted by Crippen LogP contribution is -2.82. The van der Waals surface area contributed by atoms with E-state index in [0.717, 1.165) is 6.92 Å². The summed E-state index contributed by atoms with van der Waals surface area (Å²) in [5.41, 5.74) is -1.13. The van der Waals surface area contributed by atoms with Gasteiger partial charge >= 0.3 is 30.0 Å². The summed E-state index contributed by atoms with van der Waals surface area (Å²) in [7, 11) is 0. The number of amides is 1. The Morgan fingerprint density at radius 1 is 1.11 bits per heavy atom. The Hall–Kier alpha value is -5.21. The number of hydrogen-bond donors (Lipinski definition) is 4. The van der Waals surface area contributed by atoms with Crippen LogP contribution in [0.1, 0.15) is 91.9 Å². The summed E-state index contributed by atoms with van der Waals surface area (Å²) in [5.74, 6) is -7.41. The van der Waals surface area contributed by atoms with Gasteiger partial charge in [0.25, 0.3) is 6.43 Å². The van der Waals surface area contributed by atoms with Gasteiger partial charge in [0.1, 0.15) is 35.6 Å². The zero-order valence-electron chi connectivity index (χ0n) is 35.7. The molecular weight excluding hydrogens is 826 g/mol. The molecule has 0 aromatic heterocycles. The average Bonchev–Trinajstić information content (AvgIpc) is 3.17. The van der Waals surface area contributed by atoms with Gasteiger partial charge in [-0.15, -0.1) is 0 Å². The minimum atomic E-state index is -3.55. The number of carbonyl (C=O) groups excluding carboxylic acids is 6. The Morgan fingerprint density at radius 2 is 1.77 bits per heavy atom. The number of ketones is 1. The van der Waals surface area contributed by atoms with Crippen LogP contribution in [0.4, 0.5) is 19.3 Å². The van der Waals surface area contributed by atoms with Crippen LogP contribution in [0, 0.1) is 16.7 Å². The van der Waals surface area contributed by atoms with E-state index in [-0.39, 0.29) is 35.2 Å². The number of ether oxygens (including phenoxy) is 6. The Kier molecular flexibility index (Phi) is 13.2. The van der Waals surface area contributed by atoms with Gasteiger partial charge in [-0.1, -0.05) is 38.0 Å². The molecule has 0 spiro atoms. The monoisotopic (exact) mass is 878 g/mol. The van der Waals surface area contributed by atoms with Crippen LogP contribution in [0.2, 0.25) is 0 Å². The van der Waals surface area contributed by atoms with Crippen molar-refractivity contribution in [3.8, 4) is 0 Å². The molecule has 3 aliphatic carbocycles. The molecule has 4 N–H and O–H groups in total. The van der Waals surface area contributed by atoms with Crippen molar-refractivity contribution in [2.45, 2.75) is 147 Å². The first-order chi connectivity index (χ1) is 28.7. The Bertz CT molecular complexity index is 2090. The summed E-state index contributed by atoms with van der Waals surface area (Å²) in [6.45, 7) is 11.9. The lowest BCUT2D eigenvalue weighted by Gasteiger charge is -2.67. The first-order valence-corrected chi connectivity index (χ1v) is 19.9. The van der Waals surface area contributed by atoms with Gasteiger partial charge in [0.2, 0.25) is 0 Å². The number of aliphatic hydroxyl groups is 3. The third-order valence-corrected chi connectivity index (χ3v) is 12.5. The molecule has 2 saturated carbocycles. The van der Waals surface area contributed by atoms with E-state index in [1.807, 2.05) is 0 Å². The lowest BCUT2D eigenvalue weighted by atomic mass is 9.44. The van der Waals surface area contributed by atoms with E-state index in [9.17, 15) is 48.1 Å². The summed E-state index contributed by atoms with van der Waals surface area (Å²) in [6.07, 6.45) is -17.7. The highest BCUT2D eigenvalue weighted by Crippen LogP contribution is 2.64. The molecule has 1 aromatic carbocycles. The van der Waals surface area contributed by atoms with Gasteiger partial charge in [-0.3, -0.25) is 14.4 Å². The second kappa shape index (κ2) is 17.2. The summed E-state index contributed by atoms with van der Waals surface area (Å²) >= 11 is 0. The molecule has 1 aromatic rings. The molecule has 21 heteroatoms. The van der Waals surface area contributed by atoms with Crippen molar-refractivity contribution in [2.24, 2.45) is 21.9 Å². The fraction of sp³-hybridized carbons (Fsp3) is 0.659. The van der Waals surface area contributed by atoms with Crippen LogP contribution in [0.25, 0.3) is 10.4 Å². The van der Waals surface area contributed by atoms with Crippen molar-refractivity contribution < 1.29 is 81.3 Å². The van der Waals surface area contributed by atoms with Crippen molar-refractivity contribution in [2.75, 3.05) is 6.61 Å². The number of azide groups is 1. The number of fused-ring (bicyclic) bond motifs is 5. The molecule has 1 aliphatic heterocycles. The van der Waals surface area contributed by atoms with Crippen LogP contribution in [-0.2, 0) is 47.6 Å². The maximum atomic E-state index is 15.5. The SMILES string of the molecule is CCC(=O)O[C@H]1C(=O)[C@@]2(C)[C@H]([C@H](OC(=O)c3cccc(N=[N+]=[N-])c3)[C@]3(O)C[C@H](OC(=O)[C@H](O)[C@@H](NC(=O)OC(C)(C)C)C(F)F)C(C)=C1C3(C)C)[C@]1(OC(C)=O)CO[C@@H]1C[C@@H]2O. The van der Waals surface area contributed by atoms with Crippen LogP contribution in [0.15, 0.2) is 40.5 Å². The Morgan fingerprint density at radius 3 is 2.32 bits per heavy atom. The van der Waals surface area contributed by atoms with Crippen LogP contribution in [-0.4, -0.2) is 124 Å². The number of alkyl halides is 2. The smallest absolute Gasteiger partial charge is 0.408 e. The van der Waals surface area contributed by atoms with Gasteiger partial charge < -0.3 is 49.1 Å². The van der Waals surface area contributed by atoms with Crippen molar-refractivity contribution in [3.05, 3.63) is 51.4 Å². The molecule has 3 fully saturated rings.